The zero-order valence-corrected chi connectivity index (χ0v) is 9.25. The van der Waals surface area contributed by atoms with E-state index in [1.165, 1.54) is 0 Å². The molecule has 5 nitrogen and oxygen atoms in total. The van der Waals surface area contributed by atoms with Gasteiger partial charge in [0.15, 0.2) is 0 Å². The average molecular weight is 236 g/mol. The Morgan fingerprint density at radius 3 is 2.76 bits per heavy atom. The highest BCUT2D eigenvalue weighted by Crippen LogP contribution is 2.13. The number of carboxylic acid groups (broad SMARTS) is 1. The van der Waals surface area contributed by atoms with E-state index in [1.807, 2.05) is 0 Å². The fourth-order valence-corrected chi connectivity index (χ4v) is 1.10. The van der Waals surface area contributed by atoms with Crippen LogP contribution in [0.1, 0.15) is 5.56 Å². The van der Waals surface area contributed by atoms with E-state index in [0.29, 0.717) is 5.75 Å². The van der Waals surface area contributed by atoms with E-state index < -0.39 is 11.9 Å². The smallest absolute Gasteiger partial charge is 0.331 e. The summed E-state index contributed by atoms with van der Waals surface area (Å²) in [6, 6.07) is 7.05. The van der Waals surface area contributed by atoms with Gasteiger partial charge in [-0.15, -0.1) is 0 Å². The Morgan fingerprint density at radius 2 is 2.12 bits per heavy atom. The first-order valence-corrected chi connectivity index (χ1v) is 4.82. The van der Waals surface area contributed by atoms with Gasteiger partial charge in [-0.2, -0.15) is 0 Å². The fraction of sp³-hybridized carbons (Fsp3) is 0.167. The van der Waals surface area contributed by atoms with Crippen LogP contribution in [0.2, 0.25) is 0 Å². The van der Waals surface area contributed by atoms with Crippen LogP contribution in [0.15, 0.2) is 36.4 Å². The second kappa shape index (κ2) is 6.32. The van der Waals surface area contributed by atoms with Gasteiger partial charge < -0.3 is 14.6 Å². The maximum atomic E-state index is 11.1. The molecule has 0 fully saturated rings. The number of carboxylic acids is 1. The van der Waals surface area contributed by atoms with Crippen molar-refractivity contribution in [1.82, 2.24) is 0 Å². The molecule has 17 heavy (non-hydrogen) atoms. The molecule has 0 aromatic heterocycles. The van der Waals surface area contributed by atoms with Crippen molar-refractivity contribution in [2.45, 2.75) is 6.61 Å². The van der Waals surface area contributed by atoms with Crippen LogP contribution in [0, 0.1) is 0 Å². The van der Waals surface area contributed by atoms with E-state index in [0.717, 1.165) is 17.7 Å². The minimum Gasteiger partial charge on any atom is -0.497 e. The highest BCUT2D eigenvalue weighted by molar-refractivity contribution is 5.90. The summed E-state index contributed by atoms with van der Waals surface area (Å²) in [7, 11) is 1.54. The number of rotatable bonds is 5. The summed E-state index contributed by atoms with van der Waals surface area (Å²) < 4.78 is 9.84. The van der Waals surface area contributed by atoms with Gasteiger partial charge in [-0.1, -0.05) is 12.1 Å². The molecule has 0 atom stereocenters. The summed E-state index contributed by atoms with van der Waals surface area (Å²) in [6.07, 6.45) is 1.59. The molecule has 1 aromatic rings. The van der Waals surface area contributed by atoms with Crippen molar-refractivity contribution in [3.8, 4) is 5.75 Å². The number of benzene rings is 1. The minimum absolute atomic E-state index is 0.0694. The van der Waals surface area contributed by atoms with Gasteiger partial charge >= 0.3 is 11.9 Å². The summed E-state index contributed by atoms with van der Waals surface area (Å²) in [5.74, 6) is -1.22. The molecule has 0 heterocycles. The van der Waals surface area contributed by atoms with Gasteiger partial charge in [0.1, 0.15) is 12.4 Å². The Kier molecular flexibility index (Phi) is 4.75. The molecule has 0 spiro atoms. The van der Waals surface area contributed by atoms with Crippen molar-refractivity contribution in [3.63, 3.8) is 0 Å². The van der Waals surface area contributed by atoms with Crippen LogP contribution in [-0.2, 0) is 20.9 Å². The summed E-state index contributed by atoms with van der Waals surface area (Å²) in [6.45, 7) is 0.0694. The standard InChI is InChI=1S/C12H12O5/c1-16-10-4-2-3-9(7-10)8-17-12(15)6-5-11(13)14/h2-7H,8H2,1H3,(H,13,14)/b6-5+. The summed E-state index contributed by atoms with van der Waals surface area (Å²) in [4.78, 5) is 21.2. The van der Waals surface area contributed by atoms with Crippen molar-refractivity contribution >= 4 is 11.9 Å². The van der Waals surface area contributed by atoms with Gasteiger partial charge in [-0.3, -0.25) is 0 Å². The largest absolute Gasteiger partial charge is 0.497 e. The molecular formula is C12H12O5. The molecule has 0 aliphatic heterocycles. The van der Waals surface area contributed by atoms with Crippen molar-refractivity contribution < 1.29 is 24.2 Å². The lowest BCUT2D eigenvalue weighted by Gasteiger charge is -2.04. The van der Waals surface area contributed by atoms with E-state index in [9.17, 15) is 9.59 Å². The number of aliphatic carboxylic acids is 1. The third-order valence-corrected chi connectivity index (χ3v) is 1.88. The number of ether oxygens (including phenoxy) is 2. The molecule has 5 heteroatoms. The van der Waals surface area contributed by atoms with Crippen LogP contribution in [0.4, 0.5) is 0 Å². The highest BCUT2D eigenvalue weighted by Gasteiger charge is 2.01. The van der Waals surface area contributed by atoms with Crippen LogP contribution >= 0.6 is 0 Å². The van der Waals surface area contributed by atoms with Gasteiger partial charge in [-0.25, -0.2) is 9.59 Å². The molecule has 0 bridgehead atoms. The molecule has 1 aromatic carbocycles. The van der Waals surface area contributed by atoms with E-state index >= 15 is 0 Å². The molecule has 0 radical (unpaired) electrons. The monoisotopic (exact) mass is 236 g/mol. The fourth-order valence-electron chi connectivity index (χ4n) is 1.10. The first-order valence-electron chi connectivity index (χ1n) is 4.82. The Bertz CT molecular complexity index is 436. The number of hydrogen-bond acceptors (Lipinski definition) is 4. The lowest BCUT2D eigenvalue weighted by Crippen LogP contribution is -2.02. The Morgan fingerprint density at radius 1 is 1.35 bits per heavy atom. The predicted molar refractivity (Wildman–Crippen MR) is 59.6 cm³/mol. The molecule has 0 unspecified atom stereocenters. The zero-order valence-electron chi connectivity index (χ0n) is 9.25. The first-order chi connectivity index (χ1) is 8.11. The summed E-state index contributed by atoms with van der Waals surface area (Å²) in [5, 5.41) is 8.30. The van der Waals surface area contributed by atoms with E-state index in [2.05, 4.69) is 0 Å². The van der Waals surface area contributed by atoms with Crippen LogP contribution in [0.5, 0.6) is 5.75 Å². The third kappa shape index (κ3) is 4.83. The normalized spacial score (nSPS) is 10.2. The van der Waals surface area contributed by atoms with E-state index in [1.54, 1.807) is 31.4 Å². The number of hydrogen-bond donors (Lipinski definition) is 1. The lowest BCUT2D eigenvalue weighted by atomic mass is 10.2. The second-order valence-electron chi connectivity index (χ2n) is 3.13. The molecule has 90 valence electrons. The molecule has 0 saturated heterocycles. The zero-order chi connectivity index (χ0) is 12.7. The van der Waals surface area contributed by atoms with Crippen LogP contribution < -0.4 is 4.74 Å². The number of methoxy groups -OCH3 is 1. The van der Waals surface area contributed by atoms with Gasteiger partial charge in [0.2, 0.25) is 0 Å². The van der Waals surface area contributed by atoms with Crippen molar-refractivity contribution in [3.05, 3.63) is 42.0 Å². The third-order valence-electron chi connectivity index (χ3n) is 1.88. The molecule has 0 aliphatic rings. The van der Waals surface area contributed by atoms with Crippen LogP contribution in [-0.4, -0.2) is 24.2 Å². The number of carbonyl (C=O) groups excluding carboxylic acids is 1. The van der Waals surface area contributed by atoms with Gasteiger partial charge in [0.05, 0.1) is 7.11 Å². The minimum atomic E-state index is -1.19. The SMILES string of the molecule is COc1cccc(COC(=O)/C=C/C(=O)O)c1. The number of carbonyl (C=O) groups is 2. The Balaban J connectivity index is 2.49. The highest BCUT2D eigenvalue weighted by atomic mass is 16.5. The quantitative estimate of drug-likeness (QED) is 0.617. The molecule has 1 rings (SSSR count). The van der Waals surface area contributed by atoms with Gasteiger partial charge in [-0.05, 0) is 17.7 Å². The van der Waals surface area contributed by atoms with Crippen molar-refractivity contribution in [1.29, 1.82) is 0 Å². The molecular weight excluding hydrogens is 224 g/mol. The van der Waals surface area contributed by atoms with Crippen LogP contribution in [0.3, 0.4) is 0 Å². The topological polar surface area (TPSA) is 72.8 Å². The van der Waals surface area contributed by atoms with Gasteiger partial charge in [0.25, 0.3) is 0 Å². The average Bonchev–Trinajstić information content (AvgIpc) is 2.34. The molecule has 0 aliphatic carbocycles. The van der Waals surface area contributed by atoms with Crippen molar-refractivity contribution in [2.24, 2.45) is 0 Å². The Hall–Kier alpha value is -2.30. The van der Waals surface area contributed by atoms with E-state index in [-0.39, 0.29) is 6.61 Å². The van der Waals surface area contributed by atoms with Gasteiger partial charge in [0, 0.05) is 12.2 Å². The molecule has 0 amide bonds. The van der Waals surface area contributed by atoms with E-state index in [4.69, 9.17) is 14.6 Å². The summed E-state index contributed by atoms with van der Waals surface area (Å²) >= 11 is 0. The van der Waals surface area contributed by atoms with Crippen LogP contribution in [0.25, 0.3) is 0 Å². The van der Waals surface area contributed by atoms with Crippen molar-refractivity contribution in [2.75, 3.05) is 7.11 Å². The first kappa shape index (κ1) is 12.8. The predicted octanol–water partition coefficient (Wildman–Crippen LogP) is 1.38. The number of esters is 1. The molecule has 0 saturated carbocycles. The maximum Gasteiger partial charge on any atom is 0.331 e. The lowest BCUT2D eigenvalue weighted by molar-refractivity contribution is -0.139. The molecule has 1 N–H and O–H groups in total. The Labute approximate surface area is 98.3 Å². The second-order valence-corrected chi connectivity index (χ2v) is 3.13. The summed E-state index contributed by atoms with van der Waals surface area (Å²) in [5.41, 5.74) is 0.765. The maximum absolute atomic E-state index is 11.1.